The SMILES string of the molecule is Cc1nc(S(N)(=O)=O)cc(-c2cccc(F)n2)c1NCc1c(F)cccc1CN1CCCC1. The van der Waals surface area contributed by atoms with E-state index in [1.165, 1.54) is 24.3 Å². The molecule has 3 aromatic rings. The fourth-order valence-electron chi connectivity index (χ4n) is 4.08. The highest BCUT2D eigenvalue weighted by atomic mass is 32.2. The van der Waals surface area contributed by atoms with E-state index in [0.717, 1.165) is 31.5 Å². The number of sulfonamides is 1. The van der Waals surface area contributed by atoms with Crippen molar-refractivity contribution in [2.24, 2.45) is 5.14 Å². The standard InChI is InChI=1S/C23H25F2N5O2S/c1-15-23(17(12-22(28-15)33(26,31)32)20-8-5-9-21(25)29-20)27-13-18-16(6-4-7-19(18)24)14-30-10-2-3-11-30/h4-9,12,27H,2-3,10-11,13-14H2,1H3,(H2,26,31,32). The molecule has 174 valence electrons. The van der Waals surface area contributed by atoms with Gasteiger partial charge in [0.2, 0.25) is 5.95 Å². The van der Waals surface area contributed by atoms with Crippen molar-refractivity contribution in [3.63, 3.8) is 0 Å². The van der Waals surface area contributed by atoms with Crippen LogP contribution in [0.25, 0.3) is 11.3 Å². The first kappa shape index (κ1) is 23.2. The Bertz CT molecular complexity index is 1280. The van der Waals surface area contributed by atoms with Crippen LogP contribution >= 0.6 is 0 Å². The largest absolute Gasteiger partial charge is 0.379 e. The summed E-state index contributed by atoms with van der Waals surface area (Å²) in [5, 5.41) is 8.10. The van der Waals surface area contributed by atoms with Gasteiger partial charge in [-0.05, 0) is 62.7 Å². The third kappa shape index (κ3) is 5.35. The molecule has 33 heavy (non-hydrogen) atoms. The van der Waals surface area contributed by atoms with Gasteiger partial charge < -0.3 is 5.32 Å². The third-order valence-corrected chi connectivity index (χ3v) is 6.50. The molecule has 1 saturated heterocycles. The molecule has 1 aliphatic rings. The van der Waals surface area contributed by atoms with Crippen molar-refractivity contribution >= 4 is 15.7 Å². The molecule has 0 bridgehead atoms. The predicted molar refractivity (Wildman–Crippen MR) is 122 cm³/mol. The number of anilines is 1. The fraction of sp³-hybridized carbons (Fsp3) is 0.304. The van der Waals surface area contributed by atoms with Crippen molar-refractivity contribution in [2.75, 3.05) is 18.4 Å². The number of likely N-dealkylation sites (tertiary alicyclic amines) is 1. The van der Waals surface area contributed by atoms with Crippen molar-refractivity contribution in [1.82, 2.24) is 14.9 Å². The van der Waals surface area contributed by atoms with Gasteiger partial charge in [-0.2, -0.15) is 4.39 Å². The van der Waals surface area contributed by atoms with Crippen molar-refractivity contribution in [3.05, 3.63) is 71.1 Å². The van der Waals surface area contributed by atoms with E-state index in [9.17, 15) is 17.2 Å². The molecule has 0 atom stereocenters. The van der Waals surface area contributed by atoms with Crippen LogP contribution in [-0.4, -0.2) is 36.4 Å². The van der Waals surface area contributed by atoms with Crippen molar-refractivity contribution < 1.29 is 17.2 Å². The average molecular weight is 474 g/mol. The zero-order chi connectivity index (χ0) is 23.6. The number of aryl methyl sites for hydroxylation is 1. The van der Waals surface area contributed by atoms with Crippen LogP contribution in [0.3, 0.4) is 0 Å². The second-order valence-corrected chi connectivity index (χ2v) is 9.58. The summed E-state index contributed by atoms with van der Waals surface area (Å²) in [5.74, 6) is -1.05. The molecule has 1 aliphatic heterocycles. The number of primary sulfonamides is 1. The maximum atomic E-state index is 14.8. The summed E-state index contributed by atoms with van der Waals surface area (Å²) in [6, 6.07) is 10.5. The summed E-state index contributed by atoms with van der Waals surface area (Å²) in [7, 11) is -4.10. The molecule has 0 radical (unpaired) electrons. The number of nitrogens with one attached hydrogen (secondary N) is 1. The molecule has 0 unspecified atom stereocenters. The topological polar surface area (TPSA) is 101 Å². The first-order chi connectivity index (χ1) is 15.7. The Balaban J connectivity index is 1.72. The van der Waals surface area contributed by atoms with E-state index in [-0.39, 0.29) is 23.1 Å². The lowest BCUT2D eigenvalue weighted by molar-refractivity contribution is 0.329. The van der Waals surface area contributed by atoms with Gasteiger partial charge in [-0.1, -0.05) is 18.2 Å². The molecule has 3 heterocycles. The molecule has 1 fully saturated rings. The Hall–Kier alpha value is -2.95. The van der Waals surface area contributed by atoms with Crippen LogP contribution < -0.4 is 10.5 Å². The number of nitrogens with zero attached hydrogens (tertiary/aromatic N) is 3. The highest BCUT2D eigenvalue weighted by Gasteiger charge is 2.20. The van der Waals surface area contributed by atoms with Gasteiger partial charge >= 0.3 is 0 Å². The average Bonchev–Trinajstić information content (AvgIpc) is 3.26. The van der Waals surface area contributed by atoms with Crippen LogP contribution in [0.5, 0.6) is 0 Å². The number of hydrogen-bond donors (Lipinski definition) is 2. The maximum absolute atomic E-state index is 14.8. The van der Waals surface area contributed by atoms with Crippen LogP contribution in [0, 0.1) is 18.7 Å². The maximum Gasteiger partial charge on any atom is 0.255 e. The summed E-state index contributed by atoms with van der Waals surface area (Å²) in [4.78, 5) is 10.3. The van der Waals surface area contributed by atoms with E-state index in [1.54, 1.807) is 19.1 Å². The molecule has 0 saturated carbocycles. The molecule has 7 nitrogen and oxygen atoms in total. The number of hydrogen-bond acceptors (Lipinski definition) is 6. The van der Waals surface area contributed by atoms with E-state index in [2.05, 4.69) is 20.2 Å². The van der Waals surface area contributed by atoms with Gasteiger partial charge in [0, 0.05) is 24.2 Å². The summed E-state index contributed by atoms with van der Waals surface area (Å²) < 4.78 is 52.5. The van der Waals surface area contributed by atoms with Crippen LogP contribution in [0.4, 0.5) is 14.5 Å². The number of aromatic nitrogens is 2. The van der Waals surface area contributed by atoms with E-state index in [4.69, 9.17) is 5.14 Å². The lowest BCUT2D eigenvalue weighted by Gasteiger charge is -2.20. The molecule has 3 N–H and O–H groups in total. The predicted octanol–water partition coefficient (Wildman–Crippen LogP) is 3.59. The number of rotatable bonds is 7. The smallest absolute Gasteiger partial charge is 0.255 e. The highest BCUT2D eigenvalue weighted by molar-refractivity contribution is 7.89. The van der Waals surface area contributed by atoms with Crippen LogP contribution in [0.15, 0.2) is 47.5 Å². The summed E-state index contributed by atoms with van der Waals surface area (Å²) in [6.45, 7) is 4.35. The van der Waals surface area contributed by atoms with Crippen molar-refractivity contribution in [3.8, 4) is 11.3 Å². The lowest BCUT2D eigenvalue weighted by atomic mass is 10.0. The molecule has 0 amide bonds. The first-order valence-electron chi connectivity index (χ1n) is 10.6. The minimum Gasteiger partial charge on any atom is -0.379 e. The van der Waals surface area contributed by atoms with E-state index in [0.29, 0.717) is 29.1 Å². The Labute approximate surface area is 191 Å². The molecule has 10 heteroatoms. The van der Waals surface area contributed by atoms with Gasteiger partial charge in [-0.25, -0.2) is 27.9 Å². The first-order valence-corrected chi connectivity index (χ1v) is 12.2. The molecule has 4 rings (SSSR count). The van der Waals surface area contributed by atoms with Crippen molar-refractivity contribution in [1.29, 1.82) is 0 Å². The quantitative estimate of drug-likeness (QED) is 0.509. The molecule has 0 spiro atoms. The van der Waals surface area contributed by atoms with E-state index in [1.807, 2.05) is 6.07 Å². The Morgan fingerprint density at radius 1 is 1.09 bits per heavy atom. The zero-order valence-electron chi connectivity index (χ0n) is 18.2. The fourth-order valence-corrected chi connectivity index (χ4v) is 4.63. The second-order valence-electron chi connectivity index (χ2n) is 8.07. The summed E-state index contributed by atoms with van der Waals surface area (Å²) in [6.07, 6.45) is 2.27. The Kier molecular flexibility index (Phi) is 6.68. The van der Waals surface area contributed by atoms with Gasteiger partial charge in [-0.15, -0.1) is 0 Å². The molecular formula is C23H25F2N5O2S. The molecule has 2 aromatic heterocycles. The summed E-state index contributed by atoms with van der Waals surface area (Å²) >= 11 is 0. The van der Waals surface area contributed by atoms with Gasteiger partial charge in [0.25, 0.3) is 10.0 Å². The van der Waals surface area contributed by atoms with Gasteiger partial charge in [0.05, 0.1) is 17.1 Å². The summed E-state index contributed by atoms with van der Waals surface area (Å²) in [5.41, 5.74) is 2.65. The molecular weight excluding hydrogens is 448 g/mol. The second kappa shape index (κ2) is 9.50. The normalized spacial score (nSPS) is 14.5. The van der Waals surface area contributed by atoms with E-state index >= 15 is 0 Å². The van der Waals surface area contributed by atoms with Crippen LogP contribution in [0.1, 0.15) is 29.7 Å². The van der Waals surface area contributed by atoms with Crippen molar-refractivity contribution in [2.45, 2.75) is 37.9 Å². The number of pyridine rings is 2. The van der Waals surface area contributed by atoms with Gasteiger partial charge in [-0.3, -0.25) is 4.90 Å². The Morgan fingerprint density at radius 3 is 2.52 bits per heavy atom. The van der Waals surface area contributed by atoms with E-state index < -0.39 is 16.0 Å². The minimum absolute atomic E-state index is 0.134. The third-order valence-electron chi connectivity index (χ3n) is 5.71. The zero-order valence-corrected chi connectivity index (χ0v) is 19.0. The number of halogens is 2. The Morgan fingerprint density at radius 2 is 1.82 bits per heavy atom. The highest BCUT2D eigenvalue weighted by Crippen LogP contribution is 2.32. The van der Waals surface area contributed by atoms with Crippen LogP contribution in [-0.2, 0) is 23.1 Å². The minimum atomic E-state index is -4.10. The molecule has 0 aliphatic carbocycles. The van der Waals surface area contributed by atoms with Gasteiger partial charge in [0.1, 0.15) is 5.82 Å². The number of nitrogens with two attached hydrogens (primary N) is 1. The van der Waals surface area contributed by atoms with Gasteiger partial charge in [0.15, 0.2) is 5.03 Å². The van der Waals surface area contributed by atoms with Crippen LogP contribution in [0.2, 0.25) is 0 Å². The lowest BCUT2D eigenvalue weighted by Crippen LogP contribution is -2.20. The molecule has 1 aromatic carbocycles. The monoisotopic (exact) mass is 473 g/mol. The number of benzene rings is 1.